The lowest BCUT2D eigenvalue weighted by atomic mass is 10.0. The van der Waals surface area contributed by atoms with Crippen LogP contribution in [0.5, 0.6) is 0 Å². The fourth-order valence-electron chi connectivity index (χ4n) is 4.21. The first-order valence-electron chi connectivity index (χ1n) is 10.1. The van der Waals surface area contributed by atoms with Gasteiger partial charge in [-0.2, -0.15) is 0 Å². The predicted octanol–water partition coefficient (Wildman–Crippen LogP) is 1.08. The van der Waals surface area contributed by atoms with Crippen LogP contribution in [0.1, 0.15) is 46.5 Å². The van der Waals surface area contributed by atoms with E-state index in [9.17, 15) is 19.2 Å². The molecule has 0 aromatic carbocycles. The van der Waals surface area contributed by atoms with E-state index in [2.05, 4.69) is 0 Å². The summed E-state index contributed by atoms with van der Waals surface area (Å²) in [5.41, 5.74) is 1.56. The second-order valence-electron chi connectivity index (χ2n) is 7.99. The quantitative estimate of drug-likeness (QED) is 0.720. The Morgan fingerprint density at radius 2 is 1.76 bits per heavy atom. The number of likely N-dealkylation sites (N-methyl/N-ethyl adjacent to an activating group) is 2. The maximum absolute atomic E-state index is 12.9. The van der Waals surface area contributed by atoms with Crippen molar-refractivity contribution < 1.29 is 19.2 Å². The van der Waals surface area contributed by atoms with Gasteiger partial charge in [-0.3, -0.25) is 19.2 Å². The maximum atomic E-state index is 12.9. The molecule has 3 aliphatic heterocycles. The minimum Gasteiger partial charge on any atom is -0.336 e. The Morgan fingerprint density at radius 3 is 2.55 bits per heavy atom. The topological polar surface area (TPSA) is 81.2 Å². The molecule has 0 atom stereocenters. The van der Waals surface area contributed by atoms with Crippen molar-refractivity contribution in [1.29, 1.82) is 0 Å². The molecule has 1 saturated heterocycles. The van der Waals surface area contributed by atoms with E-state index >= 15 is 0 Å². The van der Waals surface area contributed by atoms with Crippen LogP contribution in [0.4, 0.5) is 5.00 Å². The Balaban J connectivity index is 1.54. The number of likely N-dealkylation sites (tertiary alicyclic amines) is 1. The summed E-state index contributed by atoms with van der Waals surface area (Å²) < 4.78 is 0. The zero-order chi connectivity index (χ0) is 20.7. The number of carbonyl (C=O) groups is 4. The molecule has 29 heavy (non-hydrogen) atoms. The van der Waals surface area contributed by atoms with Gasteiger partial charge in [0, 0.05) is 38.5 Å². The third-order valence-electron chi connectivity index (χ3n) is 6.00. The van der Waals surface area contributed by atoms with Crippen molar-refractivity contribution >= 4 is 40.0 Å². The van der Waals surface area contributed by atoms with E-state index in [-0.39, 0.29) is 36.7 Å². The molecule has 9 heteroatoms. The molecule has 1 fully saturated rings. The van der Waals surface area contributed by atoms with Gasteiger partial charge in [-0.05, 0) is 24.8 Å². The van der Waals surface area contributed by atoms with E-state index in [1.54, 1.807) is 28.8 Å². The average Bonchev–Trinajstić information content (AvgIpc) is 2.93. The van der Waals surface area contributed by atoms with Gasteiger partial charge in [-0.1, -0.05) is 6.42 Å². The lowest BCUT2D eigenvalue weighted by Gasteiger charge is -2.30. The van der Waals surface area contributed by atoms with Crippen molar-refractivity contribution in [2.75, 3.05) is 45.2 Å². The van der Waals surface area contributed by atoms with Gasteiger partial charge in [0.25, 0.3) is 5.91 Å². The molecule has 0 unspecified atom stereocenters. The molecule has 0 saturated carbocycles. The highest BCUT2D eigenvalue weighted by molar-refractivity contribution is 7.17. The standard InChI is InChI=1S/C20H26N4O4S/c1-21-11-16(26)22(2)20-18(19(21)28)13-7-9-24(10-14(13)29-20)17(27)12-23-8-5-3-4-6-15(23)25/h3-12H2,1-2H3. The van der Waals surface area contributed by atoms with Crippen LogP contribution in [0.2, 0.25) is 0 Å². The SMILES string of the molecule is CN1CC(=O)N(C)c2sc3c(c2C1=O)CCN(C(=O)CN1CCCCCC1=O)C3. The summed E-state index contributed by atoms with van der Waals surface area (Å²) in [4.78, 5) is 57.7. The minimum atomic E-state index is -0.134. The second-order valence-corrected chi connectivity index (χ2v) is 9.07. The number of thiophene rings is 1. The lowest BCUT2D eigenvalue weighted by Crippen LogP contribution is -2.44. The van der Waals surface area contributed by atoms with E-state index < -0.39 is 0 Å². The summed E-state index contributed by atoms with van der Waals surface area (Å²) in [6.45, 7) is 1.78. The Kier molecular flexibility index (Phi) is 5.33. The number of hydrogen-bond acceptors (Lipinski definition) is 5. The van der Waals surface area contributed by atoms with Crippen LogP contribution in [-0.4, -0.2) is 78.6 Å². The van der Waals surface area contributed by atoms with Crippen molar-refractivity contribution in [2.45, 2.75) is 38.6 Å². The number of fused-ring (bicyclic) bond motifs is 3. The molecule has 0 N–H and O–H groups in total. The number of hydrogen-bond donors (Lipinski definition) is 0. The molecule has 8 nitrogen and oxygen atoms in total. The van der Waals surface area contributed by atoms with Crippen molar-refractivity contribution in [3.05, 3.63) is 16.0 Å². The van der Waals surface area contributed by atoms with Crippen LogP contribution in [-0.2, 0) is 27.3 Å². The van der Waals surface area contributed by atoms with Gasteiger partial charge < -0.3 is 19.6 Å². The van der Waals surface area contributed by atoms with Crippen molar-refractivity contribution in [3.63, 3.8) is 0 Å². The Hall–Kier alpha value is -2.42. The third kappa shape index (κ3) is 3.63. The molecule has 1 aromatic rings. The number of carbonyl (C=O) groups excluding carboxylic acids is 4. The van der Waals surface area contributed by atoms with Crippen LogP contribution < -0.4 is 4.90 Å². The van der Waals surface area contributed by atoms with Crippen LogP contribution in [0.3, 0.4) is 0 Å². The van der Waals surface area contributed by atoms with Gasteiger partial charge in [-0.15, -0.1) is 11.3 Å². The molecule has 4 amide bonds. The Labute approximate surface area is 174 Å². The number of nitrogens with zero attached hydrogens (tertiary/aromatic N) is 4. The summed E-state index contributed by atoms with van der Waals surface area (Å²) in [6.07, 6.45) is 3.97. The summed E-state index contributed by atoms with van der Waals surface area (Å²) in [5, 5.41) is 0.673. The van der Waals surface area contributed by atoms with Crippen LogP contribution >= 0.6 is 11.3 Å². The molecule has 4 rings (SSSR count). The molecule has 0 aliphatic carbocycles. The van der Waals surface area contributed by atoms with Crippen LogP contribution in [0.15, 0.2) is 0 Å². The predicted molar refractivity (Wildman–Crippen MR) is 109 cm³/mol. The normalized spacial score (nSPS) is 20.4. The Bertz CT molecular complexity index is 880. The zero-order valence-corrected chi connectivity index (χ0v) is 17.7. The molecule has 0 spiro atoms. The maximum Gasteiger partial charge on any atom is 0.257 e. The average molecular weight is 419 g/mol. The van der Waals surface area contributed by atoms with Crippen molar-refractivity contribution in [3.8, 4) is 0 Å². The largest absolute Gasteiger partial charge is 0.336 e. The van der Waals surface area contributed by atoms with E-state index in [0.29, 0.717) is 43.0 Å². The van der Waals surface area contributed by atoms with Crippen molar-refractivity contribution in [2.24, 2.45) is 0 Å². The minimum absolute atomic E-state index is 0.0534. The first kappa shape index (κ1) is 19.9. The summed E-state index contributed by atoms with van der Waals surface area (Å²) in [6, 6.07) is 0. The lowest BCUT2D eigenvalue weighted by molar-refractivity contribution is -0.140. The monoisotopic (exact) mass is 418 g/mol. The number of rotatable bonds is 2. The highest BCUT2D eigenvalue weighted by Gasteiger charge is 2.36. The molecule has 156 valence electrons. The van der Waals surface area contributed by atoms with E-state index in [1.165, 1.54) is 16.2 Å². The number of amides is 4. The highest BCUT2D eigenvalue weighted by atomic mass is 32.1. The Morgan fingerprint density at radius 1 is 0.966 bits per heavy atom. The van der Waals surface area contributed by atoms with Gasteiger partial charge in [0.1, 0.15) is 11.5 Å². The summed E-state index contributed by atoms with van der Waals surface area (Å²) >= 11 is 1.42. The molecule has 0 radical (unpaired) electrons. The summed E-state index contributed by atoms with van der Waals surface area (Å²) in [7, 11) is 3.34. The van der Waals surface area contributed by atoms with Gasteiger partial charge in [0.15, 0.2) is 0 Å². The van der Waals surface area contributed by atoms with Crippen LogP contribution in [0.25, 0.3) is 0 Å². The fraction of sp³-hybridized carbons (Fsp3) is 0.600. The highest BCUT2D eigenvalue weighted by Crippen LogP contribution is 2.40. The zero-order valence-electron chi connectivity index (χ0n) is 16.9. The first-order valence-corrected chi connectivity index (χ1v) is 10.9. The molecule has 4 heterocycles. The fourth-order valence-corrected chi connectivity index (χ4v) is 5.55. The van der Waals surface area contributed by atoms with E-state index in [0.717, 1.165) is 29.7 Å². The van der Waals surface area contributed by atoms with Gasteiger partial charge in [-0.25, -0.2) is 0 Å². The van der Waals surface area contributed by atoms with Gasteiger partial charge in [0.05, 0.1) is 18.7 Å². The van der Waals surface area contributed by atoms with Crippen LogP contribution in [0, 0.1) is 0 Å². The third-order valence-corrected chi connectivity index (χ3v) is 7.29. The molecule has 1 aromatic heterocycles. The van der Waals surface area contributed by atoms with Crippen molar-refractivity contribution in [1.82, 2.24) is 14.7 Å². The van der Waals surface area contributed by atoms with E-state index in [1.807, 2.05) is 0 Å². The summed E-state index contributed by atoms with van der Waals surface area (Å²) in [5.74, 6) is -0.247. The molecule has 0 bridgehead atoms. The smallest absolute Gasteiger partial charge is 0.257 e. The molecular weight excluding hydrogens is 392 g/mol. The number of anilines is 1. The molecule has 3 aliphatic rings. The van der Waals surface area contributed by atoms with Gasteiger partial charge in [0.2, 0.25) is 17.7 Å². The molecular formula is C20H26N4O4S. The first-order chi connectivity index (χ1) is 13.9. The van der Waals surface area contributed by atoms with Gasteiger partial charge >= 0.3 is 0 Å². The van der Waals surface area contributed by atoms with E-state index in [4.69, 9.17) is 0 Å². The second kappa shape index (κ2) is 7.78.